The minimum Gasteiger partial charge on any atom is -0.493 e. The van der Waals surface area contributed by atoms with E-state index in [2.05, 4.69) is 16.0 Å². The molecular weight excluding hydrogens is 447 g/mol. The molecule has 2 aromatic heterocycles. The van der Waals surface area contributed by atoms with Crippen LogP contribution < -0.4 is 9.47 Å². The Kier molecular flexibility index (Phi) is 7.91. The van der Waals surface area contributed by atoms with E-state index in [0.29, 0.717) is 31.1 Å². The number of aliphatic hydroxyl groups is 1. The number of pyridine rings is 2. The van der Waals surface area contributed by atoms with Crippen LogP contribution in [0.4, 0.5) is 0 Å². The van der Waals surface area contributed by atoms with Crippen molar-refractivity contribution in [3.05, 3.63) is 95.9 Å². The van der Waals surface area contributed by atoms with Gasteiger partial charge in [0, 0.05) is 29.3 Å². The quantitative estimate of drug-likeness (QED) is 0.426. The predicted molar refractivity (Wildman–Crippen MR) is 129 cm³/mol. The highest BCUT2D eigenvalue weighted by atomic mass is 35.5. The van der Waals surface area contributed by atoms with Crippen LogP contribution in [0.2, 0.25) is 0 Å². The number of benzene rings is 2. The van der Waals surface area contributed by atoms with Crippen molar-refractivity contribution in [1.29, 1.82) is 0 Å². The van der Waals surface area contributed by atoms with Crippen molar-refractivity contribution in [3.63, 3.8) is 0 Å². The summed E-state index contributed by atoms with van der Waals surface area (Å²) in [5.74, 6) is 1.37. The minimum atomic E-state index is -0.615. The van der Waals surface area contributed by atoms with Crippen molar-refractivity contribution in [2.75, 3.05) is 6.61 Å². The van der Waals surface area contributed by atoms with E-state index >= 15 is 0 Å². The van der Waals surface area contributed by atoms with Gasteiger partial charge in [-0.2, -0.15) is 0 Å². The van der Waals surface area contributed by atoms with Crippen molar-refractivity contribution < 1.29 is 14.6 Å². The highest BCUT2D eigenvalue weighted by Crippen LogP contribution is 2.39. The number of fused-ring (bicyclic) bond motifs is 2. The summed E-state index contributed by atoms with van der Waals surface area (Å²) in [6.07, 6.45) is 3.68. The zero-order chi connectivity index (χ0) is 20.3. The van der Waals surface area contributed by atoms with Crippen LogP contribution in [0.1, 0.15) is 22.9 Å². The monoisotopic (exact) mass is 470 g/mol. The minimum absolute atomic E-state index is 0. The molecule has 0 saturated heterocycles. The first-order chi connectivity index (χ1) is 14.8. The van der Waals surface area contributed by atoms with Gasteiger partial charge in [0.1, 0.15) is 18.1 Å². The van der Waals surface area contributed by atoms with Crippen molar-refractivity contribution in [1.82, 2.24) is 9.97 Å². The Labute approximate surface area is 199 Å². The first kappa shape index (κ1) is 23.8. The lowest BCUT2D eigenvalue weighted by Crippen LogP contribution is -2.27. The van der Waals surface area contributed by atoms with Crippen LogP contribution in [-0.4, -0.2) is 21.7 Å². The fourth-order valence-electron chi connectivity index (χ4n) is 3.86. The van der Waals surface area contributed by atoms with E-state index in [1.807, 2.05) is 66.9 Å². The van der Waals surface area contributed by atoms with Gasteiger partial charge < -0.3 is 14.6 Å². The number of nitrogens with zero attached hydrogens (tertiary/aromatic N) is 2. The van der Waals surface area contributed by atoms with Crippen LogP contribution >= 0.6 is 24.8 Å². The van der Waals surface area contributed by atoms with Gasteiger partial charge in [0.15, 0.2) is 0 Å². The Morgan fingerprint density at radius 1 is 1.00 bits per heavy atom. The van der Waals surface area contributed by atoms with Gasteiger partial charge in [0.2, 0.25) is 0 Å². The summed E-state index contributed by atoms with van der Waals surface area (Å²) in [7, 11) is 0. The second-order valence-electron chi connectivity index (χ2n) is 7.56. The molecule has 0 unspecified atom stereocenters. The van der Waals surface area contributed by atoms with Gasteiger partial charge in [0.25, 0.3) is 0 Å². The second kappa shape index (κ2) is 10.6. The fourth-order valence-corrected chi connectivity index (χ4v) is 3.86. The highest BCUT2D eigenvalue weighted by molar-refractivity contribution is 5.85. The molecule has 1 N–H and O–H groups in total. The molecule has 0 saturated carbocycles. The summed E-state index contributed by atoms with van der Waals surface area (Å²) in [6.45, 7) is 0.837. The van der Waals surface area contributed by atoms with Crippen LogP contribution in [0.5, 0.6) is 11.5 Å². The average Bonchev–Trinajstić information content (AvgIpc) is 2.80. The number of aromatic nitrogens is 2. The van der Waals surface area contributed by atoms with Crippen molar-refractivity contribution in [2.45, 2.75) is 19.1 Å². The van der Waals surface area contributed by atoms with E-state index in [0.717, 1.165) is 27.7 Å². The molecule has 4 aromatic rings. The van der Waals surface area contributed by atoms with Crippen molar-refractivity contribution in [2.24, 2.45) is 5.92 Å². The molecule has 0 amide bonds. The zero-order valence-corrected chi connectivity index (χ0v) is 18.9. The molecule has 1 aliphatic heterocycles. The number of aliphatic hydroxyl groups excluding tert-OH is 1. The van der Waals surface area contributed by atoms with E-state index in [1.165, 1.54) is 0 Å². The Bertz CT molecular complexity index is 1170. The van der Waals surface area contributed by atoms with Gasteiger partial charge in [-0.3, -0.25) is 4.98 Å². The molecule has 5 nitrogen and oxygen atoms in total. The third kappa shape index (κ3) is 5.13. The molecule has 166 valence electrons. The molecule has 0 bridgehead atoms. The molecule has 0 fully saturated rings. The van der Waals surface area contributed by atoms with Crippen LogP contribution in [0.15, 0.2) is 79.1 Å². The van der Waals surface area contributed by atoms with Crippen LogP contribution in [0.25, 0.3) is 10.9 Å². The van der Waals surface area contributed by atoms with E-state index in [1.54, 1.807) is 6.20 Å². The normalized spacial score (nSPS) is 16.8. The van der Waals surface area contributed by atoms with Crippen LogP contribution in [0, 0.1) is 5.92 Å². The Hall–Kier alpha value is -2.86. The Morgan fingerprint density at radius 3 is 2.72 bits per heavy atom. The van der Waals surface area contributed by atoms with Gasteiger partial charge in [-0.1, -0.05) is 30.3 Å². The maximum atomic E-state index is 10.9. The molecule has 2 atom stereocenters. The number of hydrogen-bond acceptors (Lipinski definition) is 5. The number of para-hydroxylation sites is 1. The number of rotatable bonds is 5. The summed E-state index contributed by atoms with van der Waals surface area (Å²) < 4.78 is 11.9. The lowest BCUT2D eigenvalue weighted by Gasteiger charge is -2.30. The Balaban J connectivity index is 0.00000144. The standard InChI is InChI=1S/C25H22N2O3.2ClH/c28-25-19(12-17-4-3-11-26-14-17)15-30-24-10-9-21(13-22(24)25)29-16-20-8-7-18-5-1-2-6-23(18)27-20;;/h1-11,13-14,19,25,28H,12,15-16H2;2*1H/t19-,25+;;/m0../s1. The molecular formula is C25H24Cl2N2O3. The third-order valence-corrected chi connectivity index (χ3v) is 5.46. The van der Waals surface area contributed by atoms with E-state index in [9.17, 15) is 5.11 Å². The van der Waals surface area contributed by atoms with E-state index in [-0.39, 0.29) is 30.7 Å². The summed E-state index contributed by atoms with van der Waals surface area (Å²) >= 11 is 0. The summed E-state index contributed by atoms with van der Waals surface area (Å²) in [4.78, 5) is 8.80. The zero-order valence-electron chi connectivity index (χ0n) is 17.3. The first-order valence-corrected chi connectivity index (χ1v) is 10.1. The molecule has 7 heteroatoms. The highest BCUT2D eigenvalue weighted by Gasteiger charge is 2.30. The molecule has 32 heavy (non-hydrogen) atoms. The maximum absolute atomic E-state index is 10.9. The van der Waals surface area contributed by atoms with Crippen LogP contribution in [0.3, 0.4) is 0 Å². The third-order valence-electron chi connectivity index (χ3n) is 5.46. The maximum Gasteiger partial charge on any atom is 0.130 e. The largest absolute Gasteiger partial charge is 0.493 e. The molecule has 0 radical (unpaired) electrons. The van der Waals surface area contributed by atoms with Gasteiger partial charge in [-0.25, -0.2) is 4.98 Å². The fraction of sp³-hybridized carbons (Fsp3) is 0.200. The molecule has 0 aliphatic carbocycles. The summed E-state index contributed by atoms with van der Waals surface area (Å²) in [5.41, 5.74) is 3.66. The topological polar surface area (TPSA) is 64.5 Å². The molecule has 5 rings (SSSR count). The van der Waals surface area contributed by atoms with Crippen LogP contribution in [-0.2, 0) is 13.0 Å². The van der Waals surface area contributed by atoms with Gasteiger partial charge in [-0.05, 0) is 48.4 Å². The SMILES string of the molecule is Cl.Cl.O[C@H]1c2cc(OCc3ccc4ccccc4n3)ccc2OC[C@@H]1Cc1cccnc1. The second-order valence-corrected chi connectivity index (χ2v) is 7.56. The first-order valence-electron chi connectivity index (χ1n) is 10.1. The number of ether oxygens (including phenoxy) is 2. The summed E-state index contributed by atoms with van der Waals surface area (Å²) in [5, 5.41) is 12.0. The molecule has 0 spiro atoms. The van der Waals surface area contributed by atoms with E-state index in [4.69, 9.17) is 9.47 Å². The smallest absolute Gasteiger partial charge is 0.130 e. The number of hydrogen-bond donors (Lipinski definition) is 1. The van der Waals surface area contributed by atoms with Crippen molar-refractivity contribution >= 4 is 35.7 Å². The lowest BCUT2D eigenvalue weighted by atomic mass is 9.88. The molecule has 3 heterocycles. The van der Waals surface area contributed by atoms with Crippen molar-refractivity contribution in [3.8, 4) is 11.5 Å². The van der Waals surface area contributed by atoms with Gasteiger partial charge in [0.05, 0.1) is 23.9 Å². The van der Waals surface area contributed by atoms with Gasteiger partial charge >= 0.3 is 0 Å². The van der Waals surface area contributed by atoms with Gasteiger partial charge in [-0.15, -0.1) is 24.8 Å². The molecule has 2 aromatic carbocycles. The predicted octanol–water partition coefficient (Wildman–Crippen LogP) is 5.34. The average molecular weight is 471 g/mol. The van der Waals surface area contributed by atoms with E-state index < -0.39 is 6.10 Å². The number of halogens is 2. The molecule has 1 aliphatic rings. The lowest BCUT2D eigenvalue weighted by molar-refractivity contribution is 0.0504. The summed E-state index contributed by atoms with van der Waals surface area (Å²) in [6, 6.07) is 21.6. The Morgan fingerprint density at radius 2 is 1.88 bits per heavy atom.